The number of halogens is 4. The van der Waals surface area contributed by atoms with Crippen molar-refractivity contribution in [3.05, 3.63) is 23.8 Å². The Bertz CT molecular complexity index is 805. The number of hydrogen-bond donors (Lipinski definition) is 2. The molecule has 5 rings (SSSR count). The number of anilines is 2. The molecule has 0 spiro atoms. The Labute approximate surface area is 169 Å². The summed E-state index contributed by atoms with van der Waals surface area (Å²) >= 11 is 10.9. The highest BCUT2D eigenvalue weighted by Crippen LogP contribution is 2.44. The van der Waals surface area contributed by atoms with Gasteiger partial charge in [0.15, 0.2) is 16.5 Å². The number of nitrogens with zero attached hydrogens (tertiary/aromatic N) is 2. The van der Waals surface area contributed by atoms with E-state index < -0.39 is 34.6 Å². The number of nitrogens with two attached hydrogens (primary N) is 1. The van der Waals surface area contributed by atoms with E-state index in [1.54, 1.807) is 4.90 Å². The zero-order valence-electron chi connectivity index (χ0n) is 14.6. The topological polar surface area (TPSA) is 87.9 Å². The standard InChI is InChI=1S/C17H18Cl2F2N4O3/c18-15(19)16(26)23-4-9-6-24(17(27)28-9)8-2-10(20)14(11(21)3-8)25-5-7-1-12(25)13(7)22/h2-3,7,9,12-13,15H,1,4-6,22H2,(H,23,26)/t7?,9-,12?,13+/m0/s1. The minimum Gasteiger partial charge on any atom is -0.442 e. The van der Waals surface area contributed by atoms with Crippen molar-refractivity contribution in [2.75, 3.05) is 29.4 Å². The normalized spacial score (nSPS) is 28.6. The molecular weight excluding hydrogens is 417 g/mol. The van der Waals surface area contributed by atoms with Crippen LogP contribution in [-0.2, 0) is 9.53 Å². The first-order chi connectivity index (χ1) is 13.3. The second kappa shape index (κ2) is 7.20. The summed E-state index contributed by atoms with van der Waals surface area (Å²) in [4.78, 5) is 25.0. The van der Waals surface area contributed by atoms with Crippen LogP contribution in [0, 0.1) is 17.6 Å². The molecule has 0 radical (unpaired) electrons. The number of fused-ring (bicyclic) bond motifs is 1. The van der Waals surface area contributed by atoms with Gasteiger partial charge in [0.2, 0.25) is 0 Å². The van der Waals surface area contributed by atoms with Gasteiger partial charge >= 0.3 is 6.09 Å². The largest absolute Gasteiger partial charge is 0.442 e. The summed E-state index contributed by atoms with van der Waals surface area (Å²) in [7, 11) is 0. The average Bonchev–Trinajstić information content (AvgIpc) is 3.31. The monoisotopic (exact) mass is 434 g/mol. The third-order valence-corrected chi connectivity index (χ3v) is 5.94. The van der Waals surface area contributed by atoms with Crippen LogP contribution >= 0.6 is 23.2 Å². The van der Waals surface area contributed by atoms with Gasteiger partial charge in [-0.2, -0.15) is 0 Å². The van der Waals surface area contributed by atoms with Crippen molar-refractivity contribution in [3.8, 4) is 0 Å². The van der Waals surface area contributed by atoms with Crippen LogP contribution in [0.3, 0.4) is 0 Å². The molecule has 2 unspecified atom stereocenters. The molecule has 1 saturated carbocycles. The minimum atomic E-state index is -1.24. The lowest BCUT2D eigenvalue weighted by molar-refractivity contribution is -0.119. The Kier molecular flexibility index (Phi) is 5.01. The van der Waals surface area contributed by atoms with Crippen LogP contribution in [0.5, 0.6) is 0 Å². The number of nitrogens with one attached hydrogen (secondary N) is 1. The molecule has 4 aliphatic rings. The molecule has 3 N–H and O–H groups in total. The summed E-state index contributed by atoms with van der Waals surface area (Å²) in [6.07, 6.45) is -0.623. The van der Waals surface area contributed by atoms with Gasteiger partial charge in [0.05, 0.1) is 18.8 Å². The Morgan fingerprint density at radius 3 is 2.54 bits per heavy atom. The summed E-state index contributed by atoms with van der Waals surface area (Å²) in [5, 5.41) is 2.43. The maximum Gasteiger partial charge on any atom is 0.414 e. The van der Waals surface area contributed by atoms with E-state index in [1.807, 2.05) is 0 Å². The van der Waals surface area contributed by atoms with Gasteiger partial charge in [0, 0.05) is 30.8 Å². The molecule has 4 fully saturated rings. The number of amides is 2. The number of carbonyl (C=O) groups is 2. The number of cyclic esters (lactones) is 1. The maximum absolute atomic E-state index is 14.7. The van der Waals surface area contributed by atoms with E-state index >= 15 is 0 Å². The van der Waals surface area contributed by atoms with Crippen molar-refractivity contribution >= 4 is 46.6 Å². The molecular formula is C17H18Cl2F2N4O3. The highest BCUT2D eigenvalue weighted by molar-refractivity contribution is 6.53. The first kappa shape index (κ1) is 19.5. The lowest BCUT2D eigenvalue weighted by Gasteiger charge is -2.34. The van der Waals surface area contributed by atoms with E-state index in [0.29, 0.717) is 6.54 Å². The third-order valence-electron chi connectivity index (χ3n) is 5.54. The summed E-state index contributed by atoms with van der Waals surface area (Å²) < 4.78 is 34.5. The second-order valence-corrected chi connectivity index (χ2v) is 8.31. The van der Waals surface area contributed by atoms with Gasteiger partial charge in [-0.15, -0.1) is 0 Å². The van der Waals surface area contributed by atoms with E-state index in [2.05, 4.69) is 5.32 Å². The number of hydrogen-bond acceptors (Lipinski definition) is 5. The number of ether oxygens (including phenoxy) is 1. The number of rotatable bonds is 5. The molecule has 7 nitrogen and oxygen atoms in total. The van der Waals surface area contributed by atoms with Crippen molar-refractivity contribution in [1.82, 2.24) is 5.32 Å². The van der Waals surface area contributed by atoms with Crippen LogP contribution in [0.15, 0.2) is 12.1 Å². The molecule has 3 saturated heterocycles. The van der Waals surface area contributed by atoms with E-state index in [4.69, 9.17) is 33.7 Å². The van der Waals surface area contributed by atoms with Crippen LogP contribution in [0.25, 0.3) is 0 Å². The highest BCUT2D eigenvalue weighted by Gasteiger charge is 2.51. The summed E-state index contributed by atoms with van der Waals surface area (Å²) in [6.45, 7) is 0.523. The molecule has 2 bridgehead atoms. The lowest BCUT2D eigenvalue weighted by Crippen LogP contribution is -2.49. The number of carbonyl (C=O) groups excluding carboxylic acids is 2. The molecule has 1 aliphatic carbocycles. The van der Waals surface area contributed by atoms with Crippen LogP contribution in [0.2, 0.25) is 0 Å². The van der Waals surface area contributed by atoms with Gasteiger partial charge < -0.3 is 20.7 Å². The van der Waals surface area contributed by atoms with E-state index in [9.17, 15) is 18.4 Å². The van der Waals surface area contributed by atoms with Crippen LogP contribution in [0.1, 0.15) is 6.42 Å². The number of alkyl halides is 2. The Hall–Kier alpha value is -1.84. The maximum atomic E-state index is 14.7. The second-order valence-electron chi connectivity index (χ2n) is 7.21. The summed E-state index contributed by atoms with van der Waals surface area (Å²) in [5.41, 5.74) is 5.91. The molecule has 4 atom stereocenters. The van der Waals surface area contributed by atoms with Crippen molar-refractivity contribution in [2.45, 2.75) is 29.4 Å². The van der Waals surface area contributed by atoms with Gasteiger partial charge in [0.1, 0.15) is 11.8 Å². The van der Waals surface area contributed by atoms with Gasteiger partial charge in [-0.1, -0.05) is 23.2 Å². The highest BCUT2D eigenvalue weighted by atomic mass is 35.5. The minimum absolute atomic E-state index is 0.0191. The van der Waals surface area contributed by atoms with Crippen LogP contribution in [0.4, 0.5) is 25.0 Å². The molecule has 1 aromatic carbocycles. The Morgan fingerprint density at radius 2 is 2.00 bits per heavy atom. The fourth-order valence-electron chi connectivity index (χ4n) is 4.03. The smallest absolute Gasteiger partial charge is 0.414 e. The molecule has 3 heterocycles. The van der Waals surface area contributed by atoms with Crippen molar-refractivity contribution < 1.29 is 23.1 Å². The zero-order valence-corrected chi connectivity index (χ0v) is 16.1. The quantitative estimate of drug-likeness (QED) is 0.689. The van der Waals surface area contributed by atoms with E-state index in [-0.39, 0.29) is 42.5 Å². The van der Waals surface area contributed by atoms with Gasteiger partial charge in [0.25, 0.3) is 5.91 Å². The fraction of sp³-hybridized carbons (Fsp3) is 0.529. The van der Waals surface area contributed by atoms with E-state index in [1.165, 1.54) is 0 Å². The van der Waals surface area contributed by atoms with Crippen LogP contribution < -0.4 is 20.9 Å². The zero-order chi connectivity index (χ0) is 20.2. The molecule has 152 valence electrons. The predicted molar refractivity (Wildman–Crippen MR) is 99.7 cm³/mol. The molecule has 2 amide bonds. The number of benzene rings is 1. The third kappa shape index (κ3) is 3.25. The van der Waals surface area contributed by atoms with Gasteiger partial charge in [-0.25, -0.2) is 13.6 Å². The molecule has 11 heteroatoms. The molecule has 3 aliphatic heterocycles. The molecule has 1 aromatic rings. The van der Waals surface area contributed by atoms with Crippen molar-refractivity contribution in [3.63, 3.8) is 0 Å². The molecule has 0 aromatic heterocycles. The van der Waals surface area contributed by atoms with E-state index in [0.717, 1.165) is 23.5 Å². The summed E-state index contributed by atoms with van der Waals surface area (Å²) in [6, 6.07) is 2.09. The summed E-state index contributed by atoms with van der Waals surface area (Å²) in [5.74, 6) is -1.88. The van der Waals surface area contributed by atoms with Gasteiger partial charge in [-0.3, -0.25) is 9.69 Å². The predicted octanol–water partition coefficient (Wildman–Crippen LogP) is 1.75. The average molecular weight is 435 g/mol. The Morgan fingerprint density at radius 1 is 1.32 bits per heavy atom. The first-order valence-electron chi connectivity index (χ1n) is 8.81. The Balaban J connectivity index is 1.47. The fourth-order valence-corrected chi connectivity index (χ4v) is 4.19. The van der Waals surface area contributed by atoms with Crippen molar-refractivity contribution in [1.29, 1.82) is 0 Å². The van der Waals surface area contributed by atoms with Crippen molar-refractivity contribution in [2.24, 2.45) is 11.7 Å². The van der Waals surface area contributed by atoms with Crippen LogP contribution in [-0.4, -0.2) is 54.7 Å². The first-order valence-corrected chi connectivity index (χ1v) is 9.68. The van der Waals surface area contributed by atoms with Gasteiger partial charge in [-0.05, 0) is 12.3 Å². The molecule has 28 heavy (non-hydrogen) atoms. The lowest BCUT2D eigenvalue weighted by atomic mass is 9.81. The SMILES string of the molecule is N[C@@H]1C2CC1N(c1c(F)cc(N3C[C@H](CNC(=O)C(Cl)Cl)OC3=O)cc1F)C2.